The summed E-state index contributed by atoms with van der Waals surface area (Å²) < 4.78 is 5.60. The maximum absolute atomic E-state index is 11.9. The second-order valence-corrected chi connectivity index (χ2v) is 4.79. The lowest BCUT2D eigenvalue weighted by Crippen LogP contribution is -2.33. The van der Waals surface area contributed by atoms with E-state index in [1.165, 1.54) is 0 Å². The molecule has 4 nitrogen and oxygen atoms in total. The van der Waals surface area contributed by atoms with E-state index in [9.17, 15) is 9.90 Å². The monoisotopic (exact) mass is 249 g/mol. The largest absolute Gasteiger partial charge is 0.483 e. The number of hydrogen-bond acceptors (Lipinski definition) is 3. The summed E-state index contributed by atoms with van der Waals surface area (Å²) in [5.74, 6) is 0.722. The SMILES string of the molecule is Cc1cccc(C)c1OCC(=O)N1CC[C@H](O)C1. The highest BCUT2D eigenvalue weighted by Gasteiger charge is 2.24. The molecule has 0 unspecified atom stereocenters. The fraction of sp³-hybridized carbons (Fsp3) is 0.500. The van der Waals surface area contributed by atoms with Gasteiger partial charge in [0.15, 0.2) is 6.61 Å². The number of nitrogens with zero attached hydrogens (tertiary/aromatic N) is 1. The number of ether oxygens (including phenoxy) is 1. The minimum absolute atomic E-state index is 0.0401. The Bertz CT molecular complexity index is 424. The zero-order valence-electron chi connectivity index (χ0n) is 10.8. The molecule has 0 spiro atoms. The number of rotatable bonds is 3. The van der Waals surface area contributed by atoms with Gasteiger partial charge in [-0.1, -0.05) is 18.2 Å². The van der Waals surface area contributed by atoms with Gasteiger partial charge in [-0.15, -0.1) is 0 Å². The average Bonchev–Trinajstić information content (AvgIpc) is 2.75. The van der Waals surface area contributed by atoms with E-state index in [2.05, 4.69) is 0 Å². The van der Waals surface area contributed by atoms with Gasteiger partial charge < -0.3 is 14.7 Å². The number of para-hydroxylation sites is 1. The number of amides is 1. The number of carbonyl (C=O) groups is 1. The van der Waals surface area contributed by atoms with Crippen molar-refractivity contribution >= 4 is 5.91 Å². The molecule has 18 heavy (non-hydrogen) atoms. The first kappa shape index (κ1) is 12.9. The molecule has 0 radical (unpaired) electrons. The molecule has 0 aliphatic carbocycles. The third kappa shape index (κ3) is 2.82. The summed E-state index contributed by atoms with van der Waals surface area (Å²) in [5.41, 5.74) is 2.06. The molecule has 1 aromatic carbocycles. The van der Waals surface area contributed by atoms with Gasteiger partial charge in [0.1, 0.15) is 5.75 Å². The minimum atomic E-state index is -0.380. The van der Waals surface area contributed by atoms with Crippen LogP contribution >= 0.6 is 0 Å². The van der Waals surface area contributed by atoms with Crippen LogP contribution < -0.4 is 4.74 Å². The van der Waals surface area contributed by atoms with Gasteiger partial charge >= 0.3 is 0 Å². The van der Waals surface area contributed by atoms with E-state index in [1.807, 2.05) is 32.0 Å². The van der Waals surface area contributed by atoms with Crippen molar-refractivity contribution in [3.05, 3.63) is 29.3 Å². The topological polar surface area (TPSA) is 49.8 Å². The van der Waals surface area contributed by atoms with Gasteiger partial charge in [-0.3, -0.25) is 4.79 Å². The summed E-state index contributed by atoms with van der Waals surface area (Å²) in [6.07, 6.45) is 0.281. The molecule has 0 saturated carbocycles. The lowest BCUT2D eigenvalue weighted by Gasteiger charge is -2.17. The van der Waals surface area contributed by atoms with Gasteiger partial charge in [0.2, 0.25) is 0 Å². The van der Waals surface area contributed by atoms with Crippen LogP contribution in [0, 0.1) is 13.8 Å². The Morgan fingerprint density at radius 1 is 1.44 bits per heavy atom. The molecule has 1 aliphatic heterocycles. The number of likely N-dealkylation sites (tertiary alicyclic amines) is 1. The van der Waals surface area contributed by atoms with Crippen molar-refractivity contribution in [3.63, 3.8) is 0 Å². The molecule has 1 heterocycles. The highest BCUT2D eigenvalue weighted by Crippen LogP contribution is 2.22. The van der Waals surface area contributed by atoms with Crippen molar-refractivity contribution in [2.45, 2.75) is 26.4 Å². The molecule has 0 bridgehead atoms. The van der Waals surface area contributed by atoms with Crippen LogP contribution in [0.5, 0.6) is 5.75 Å². The van der Waals surface area contributed by atoms with E-state index in [4.69, 9.17) is 4.74 Å². The first-order valence-corrected chi connectivity index (χ1v) is 6.23. The second-order valence-electron chi connectivity index (χ2n) is 4.79. The highest BCUT2D eigenvalue weighted by molar-refractivity contribution is 5.78. The predicted molar refractivity (Wildman–Crippen MR) is 68.6 cm³/mol. The Balaban J connectivity index is 1.93. The van der Waals surface area contributed by atoms with Gasteiger partial charge in [0.25, 0.3) is 5.91 Å². The molecule has 2 rings (SSSR count). The maximum atomic E-state index is 11.9. The number of hydrogen-bond donors (Lipinski definition) is 1. The van der Waals surface area contributed by atoms with Crippen LogP contribution in [0.3, 0.4) is 0 Å². The lowest BCUT2D eigenvalue weighted by atomic mass is 10.1. The average molecular weight is 249 g/mol. The molecule has 1 N–H and O–H groups in total. The number of benzene rings is 1. The number of aryl methyl sites for hydroxylation is 2. The summed E-state index contributed by atoms with van der Waals surface area (Å²) in [5, 5.41) is 9.39. The quantitative estimate of drug-likeness (QED) is 0.877. The lowest BCUT2D eigenvalue weighted by molar-refractivity contribution is -0.132. The maximum Gasteiger partial charge on any atom is 0.260 e. The summed E-state index contributed by atoms with van der Waals surface area (Å²) >= 11 is 0. The van der Waals surface area contributed by atoms with E-state index in [1.54, 1.807) is 4.90 Å². The Morgan fingerprint density at radius 3 is 2.67 bits per heavy atom. The normalized spacial score (nSPS) is 19.1. The Labute approximate surface area is 107 Å². The molecule has 1 atom stereocenters. The molecule has 1 saturated heterocycles. The van der Waals surface area contributed by atoms with E-state index in [0.717, 1.165) is 16.9 Å². The first-order chi connectivity index (χ1) is 8.58. The van der Waals surface area contributed by atoms with Crippen LogP contribution in [0.15, 0.2) is 18.2 Å². The Kier molecular flexibility index (Phi) is 3.87. The molecule has 1 fully saturated rings. The van der Waals surface area contributed by atoms with Crippen LogP contribution in [-0.4, -0.2) is 41.7 Å². The standard InChI is InChI=1S/C14H19NO3/c1-10-4-3-5-11(2)14(10)18-9-13(17)15-7-6-12(16)8-15/h3-5,12,16H,6-9H2,1-2H3/t12-/m0/s1. The van der Waals surface area contributed by atoms with Gasteiger partial charge in [-0.2, -0.15) is 0 Å². The van der Waals surface area contributed by atoms with Crippen LogP contribution in [0.25, 0.3) is 0 Å². The predicted octanol–water partition coefficient (Wildman–Crippen LogP) is 1.28. The van der Waals surface area contributed by atoms with Crippen molar-refractivity contribution < 1.29 is 14.6 Å². The molecule has 98 valence electrons. The van der Waals surface area contributed by atoms with Crippen LogP contribution in [0.4, 0.5) is 0 Å². The van der Waals surface area contributed by atoms with Crippen molar-refractivity contribution in [1.82, 2.24) is 4.90 Å². The number of aliphatic hydroxyl groups excluding tert-OH is 1. The van der Waals surface area contributed by atoms with Gasteiger partial charge in [-0.05, 0) is 31.4 Å². The molecule has 1 amide bonds. The van der Waals surface area contributed by atoms with Crippen molar-refractivity contribution in [1.29, 1.82) is 0 Å². The smallest absolute Gasteiger partial charge is 0.260 e. The van der Waals surface area contributed by atoms with Crippen molar-refractivity contribution in [2.24, 2.45) is 0 Å². The molecular formula is C14H19NO3. The molecule has 1 aromatic rings. The van der Waals surface area contributed by atoms with Gasteiger partial charge in [0, 0.05) is 13.1 Å². The molecule has 1 aliphatic rings. The third-order valence-corrected chi connectivity index (χ3v) is 3.26. The van der Waals surface area contributed by atoms with Crippen LogP contribution in [0.2, 0.25) is 0 Å². The summed E-state index contributed by atoms with van der Waals surface area (Å²) in [6, 6.07) is 5.90. The van der Waals surface area contributed by atoms with E-state index in [-0.39, 0.29) is 18.6 Å². The van der Waals surface area contributed by atoms with Gasteiger partial charge in [0.05, 0.1) is 6.10 Å². The summed E-state index contributed by atoms with van der Waals surface area (Å²) in [6.45, 7) is 5.02. The second kappa shape index (κ2) is 5.40. The summed E-state index contributed by atoms with van der Waals surface area (Å²) in [7, 11) is 0. The third-order valence-electron chi connectivity index (χ3n) is 3.26. The molecule has 0 aromatic heterocycles. The van der Waals surface area contributed by atoms with Crippen molar-refractivity contribution in [3.8, 4) is 5.75 Å². The zero-order valence-corrected chi connectivity index (χ0v) is 10.8. The highest BCUT2D eigenvalue weighted by atomic mass is 16.5. The zero-order chi connectivity index (χ0) is 13.1. The summed E-state index contributed by atoms with van der Waals surface area (Å²) in [4.78, 5) is 13.5. The van der Waals surface area contributed by atoms with Crippen LogP contribution in [0.1, 0.15) is 17.5 Å². The molecule has 4 heteroatoms. The first-order valence-electron chi connectivity index (χ1n) is 6.23. The van der Waals surface area contributed by atoms with E-state index >= 15 is 0 Å². The fourth-order valence-electron chi connectivity index (χ4n) is 2.22. The van der Waals surface area contributed by atoms with Gasteiger partial charge in [-0.25, -0.2) is 0 Å². The minimum Gasteiger partial charge on any atom is -0.483 e. The number of carbonyl (C=O) groups excluding carboxylic acids is 1. The molecular weight excluding hydrogens is 230 g/mol. The van der Waals surface area contributed by atoms with Crippen LogP contribution in [-0.2, 0) is 4.79 Å². The number of β-amino-alcohol motifs (C(OH)–C–C–N with tert-alkyl or cyclic N) is 1. The fourth-order valence-corrected chi connectivity index (χ4v) is 2.22. The Hall–Kier alpha value is -1.55. The van der Waals surface area contributed by atoms with E-state index in [0.29, 0.717) is 19.5 Å². The van der Waals surface area contributed by atoms with Crippen molar-refractivity contribution in [2.75, 3.05) is 19.7 Å². The Morgan fingerprint density at radius 2 is 2.11 bits per heavy atom. The van der Waals surface area contributed by atoms with E-state index < -0.39 is 0 Å². The number of aliphatic hydroxyl groups is 1.